The minimum absolute atomic E-state index is 0.441. The van der Waals surface area contributed by atoms with Crippen molar-refractivity contribution in [1.82, 2.24) is 14.3 Å². The van der Waals surface area contributed by atoms with Gasteiger partial charge in [-0.15, -0.1) is 0 Å². The second-order valence-corrected chi connectivity index (χ2v) is 10.2. The van der Waals surface area contributed by atoms with Crippen LogP contribution in [0.5, 0.6) is 0 Å². The van der Waals surface area contributed by atoms with Gasteiger partial charge in [-0.3, -0.25) is 9.25 Å². The SMILES string of the molecule is Cn1cc(-c2ccc3c(B4OC(C)(C)C(C)(C)O4)cn(C(=O)OC(C)(C)C)c3c2)cn1. The van der Waals surface area contributed by atoms with Crippen molar-refractivity contribution in [3.05, 3.63) is 36.8 Å². The molecule has 3 aromatic rings. The third-order valence-electron chi connectivity index (χ3n) is 5.97. The van der Waals surface area contributed by atoms with Crippen LogP contribution >= 0.6 is 0 Å². The summed E-state index contributed by atoms with van der Waals surface area (Å²) in [7, 11) is 1.29. The van der Waals surface area contributed by atoms with E-state index in [1.54, 1.807) is 21.6 Å². The molecule has 0 aliphatic carbocycles. The first kappa shape index (κ1) is 21.6. The highest BCUT2D eigenvalue weighted by Gasteiger charge is 2.52. The smallest absolute Gasteiger partial charge is 0.443 e. The monoisotopic (exact) mass is 423 g/mol. The minimum atomic E-state index is -0.612. The van der Waals surface area contributed by atoms with Gasteiger partial charge in [-0.2, -0.15) is 5.10 Å². The summed E-state index contributed by atoms with van der Waals surface area (Å²) in [6.45, 7) is 13.6. The van der Waals surface area contributed by atoms with Gasteiger partial charge >= 0.3 is 13.2 Å². The van der Waals surface area contributed by atoms with Gasteiger partial charge in [-0.05, 0) is 60.1 Å². The van der Waals surface area contributed by atoms with Crippen LogP contribution < -0.4 is 5.46 Å². The number of nitrogens with zero attached hydrogens (tertiary/aromatic N) is 3. The summed E-state index contributed by atoms with van der Waals surface area (Å²) in [4.78, 5) is 13.1. The van der Waals surface area contributed by atoms with Crippen LogP contribution in [0.1, 0.15) is 48.5 Å². The molecule has 8 heteroatoms. The number of hydrogen-bond acceptors (Lipinski definition) is 5. The second kappa shape index (κ2) is 6.97. The van der Waals surface area contributed by atoms with E-state index >= 15 is 0 Å². The number of aromatic nitrogens is 3. The molecule has 3 heterocycles. The fourth-order valence-corrected chi connectivity index (χ4v) is 3.62. The summed E-state index contributed by atoms with van der Waals surface area (Å²) in [6, 6.07) is 6.00. The quantitative estimate of drug-likeness (QED) is 0.580. The zero-order valence-electron chi connectivity index (χ0n) is 19.5. The molecule has 0 N–H and O–H groups in total. The van der Waals surface area contributed by atoms with Crippen LogP contribution in [0.2, 0.25) is 0 Å². The Morgan fingerprint density at radius 3 is 2.26 bits per heavy atom. The average Bonchev–Trinajstić information content (AvgIpc) is 3.27. The van der Waals surface area contributed by atoms with Crippen molar-refractivity contribution in [1.29, 1.82) is 0 Å². The van der Waals surface area contributed by atoms with E-state index in [-0.39, 0.29) is 0 Å². The lowest BCUT2D eigenvalue weighted by Gasteiger charge is -2.32. The first-order chi connectivity index (χ1) is 14.3. The molecule has 1 aliphatic heterocycles. The highest BCUT2D eigenvalue weighted by molar-refractivity contribution is 6.65. The molecule has 1 aromatic carbocycles. The highest BCUT2D eigenvalue weighted by Crippen LogP contribution is 2.37. The zero-order chi connectivity index (χ0) is 22.8. The summed E-state index contributed by atoms with van der Waals surface area (Å²) in [5.74, 6) is 0. The molecule has 164 valence electrons. The van der Waals surface area contributed by atoms with E-state index in [9.17, 15) is 4.79 Å². The molecule has 4 rings (SSSR count). The molecular formula is C23H30BN3O4. The number of carbonyl (C=O) groups is 1. The predicted octanol–water partition coefficient (Wildman–Crippen LogP) is 4.12. The first-order valence-corrected chi connectivity index (χ1v) is 10.5. The lowest BCUT2D eigenvalue weighted by Crippen LogP contribution is -2.41. The standard InChI is InChI=1S/C23H30BN3O4/c1-21(2,3)29-20(28)27-14-18(24-30-22(4,5)23(6,7)31-24)17-10-9-15(11-19(17)27)16-12-25-26(8)13-16/h9-14H,1-8H3. The lowest BCUT2D eigenvalue weighted by atomic mass is 9.79. The molecule has 0 spiro atoms. The van der Waals surface area contributed by atoms with Crippen molar-refractivity contribution < 1.29 is 18.8 Å². The molecular weight excluding hydrogens is 393 g/mol. The molecule has 1 saturated heterocycles. The fourth-order valence-electron chi connectivity index (χ4n) is 3.62. The Kier molecular flexibility index (Phi) is 4.87. The van der Waals surface area contributed by atoms with Gasteiger partial charge in [0.25, 0.3) is 0 Å². The summed E-state index contributed by atoms with van der Waals surface area (Å²) < 4.78 is 21.5. The summed E-state index contributed by atoms with van der Waals surface area (Å²) in [5.41, 5.74) is 1.90. The molecule has 0 amide bonds. The molecule has 0 bridgehead atoms. The maximum Gasteiger partial charge on any atom is 0.497 e. The van der Waals surface area contributed by atoms with Crippen molar-refractivity contribution in [3.8, 4) is 11.1 Å². The average molecular weight is 423 g/mol. The predicted molar refractivity (Wildman–Crippen MR) is 121 cm³/mol. The van der Waals surface area contributed by atoms with E-state index in [1.165, 1.54) is 0 Å². The fraction of sp³-hybridized carbons (Fsp3) is 0.478. The molecule has 31 heavy (non-hydrogen) atoms. The second-order valence-electron chi connectivity index (χ2n) is 10.2. The van der Waals surface area contributed by atoms with Gasteiger partial charge in [0, 0.05) is 35.9 Å². The molecule has 1 aliphatic rings. The van der Waals surface area contributed by atoms with E-state index in [1.807, 2.05) is 79.9 Å². The third-order valence-corrected chi connectivity index (χ3v) is 5.97. The normalized spacial score (nSPS) is 18.0. The number of hydrogen-bond donors (Lipinski definition) is 0. The van der Waals surface area contributed by atoms with E-state index in [2.05, 4.69) is 5.10 Å². The topological polar surface area (TPSA) is 67.5 Å². The Balaban J connectivity index is 1.85. The van der Waals surface area contributed by atoms with Crippen molar-refractivity contribution in [3.63, 3.8) is 0 Å². The zero-order valence-corrected chi connectivity index (χ0v) is 19.5. The van der Waals surface area contributed by atoms with Crippen molar-refractivity contribution >= 4 is 29.6 Å². The number of aryl methyl sites for hydroxylation is 1. The van der Waals surface area contributed by atoms with Gasteiger partial charge in [0.15, 0.2) is 0 Å². The maximum atomic E-state index is 13.1. The van der Waals surface area contributed by atoms with Crippen LogP contribution in [0, 0.1) is 0 Å². The van der Waals surface area contributed by atoms with E-state index in [0.29, 0.717) is 0 Å². The number of benzene rings is 1. The third kappa shape index (κ3) is 3.90. The van der Waals surface area contributed by atoms with Gasteiger partial charge in [-0.1, -0.05) is 12.1 Å². The Morgan fingerprint density at radius 1 is 1.06 bits per heavy atom. The number of rotatable bonds is 2. The van der Waals surface area contributed by atoms with Crippen molar-refractivity contribution in [2.75, 3.05) is 0 Å². The van der Waals surface area contributed by atoms with Crippen LogP contribution in [-0.2, 0) is 21.1 Å². The van der Waals surface area contributed by atoms with Gasteiger partial charge in [-0.25, -0.2) is 4.79 Å². The summed E-state index contributed by atoms with van der Waals surface area (Å²) >= 11 is 0. The molecule has 0 unspecified atom stereocenters. The lowest BCUT2D eigenvalue weighted by molar-refractivity contribution is 0.00578. The Morgan fingerprint density at radius 2 is 1.71 bits per heavy atom. The van der Waals surface area contributed by atoms with Gasteiger partial charge < -0.3 is 14.0 Å². The molecule has 0 atom stereocenters. The van der Waals surface area contributed by atoms with Gasteiger partial charge in [0.2, 0.25) is 0 Å². The Hall–Kier alpha value is -2.58. The minimum Gasteiger partial charge on any atom is -0.443 e. The first-order valence-electron chi connectivity index (χ1n) is 10.5. The number of fused-ring (bicyclic) bond motifs is 1. The molecule has 2 aromatic heterocycles. The van der Waals surface area contributed by atoms with E-state index in [0.717, 1.165) is 27.5 Å². The number of ether oxygens (including phenoxy) is 1. The summed E-state index contributed by atoms with van der Waals surface area (Å²) in [5, 5.41) is 5.14. The van der Waals surface area contributed by atoms with Gasteiger partial charge in [0.1, 0.15) is 5.60 Å². The van der Waals surface area contributed by atoms with Crippen LogP contribution in [0.25, 0.3) is 22.0 Å². The number of carbonyl (C=O) groups excluding carboxylic acids is 1. The largest absolute Gasteiger partial charge is 0.497 e. The molecule has 0 saturated carbocycles. The molecule has 1 fully saturated rings. The van der Waals surface area contributed by atoms with E-state index < -0.39 is 30.0 Å². The Bertz CT molecular complexity index is 1140. The van der Waals surface area contributed by atoms with Crippen molar-refractivity contribution in [2.45, 2.75) is 65.3 Å². The summed E-state index contributed by atoms with van der Waals surface area (Å²) in [6.07, 6.45) is 5.07. The van der Waals surface area contributed by atoms with Crippen LogP contribution in [0.15, 0.2) is 36.8 Å². The molecule has 0 radical (unpaired) electrons. The van der Waals surface area contributed by atoms with Crippen molar-refractivity contribution in [2.24, 2.45) is 7.05 Å². The molecule has 7 nitrogen and oxygen atoms in total. The van der Waals surface area contributed by atoms with Crippen LogP contribution in [-0.4, -0.2) is 44.4 Å². The Labute approximate surface area is 183 Å². The highest BCUT2D eigenvalue weighted by atomic mass is 16.7. The van der Waals surface area contributed by atoms with Crippen LogP contribution in [0.4, 0.5) is 4.79 Å². The van der Waals surface area contributed by atoms with Gasteiger partial charge in [0.05, 0.1) is 22.9 Å². The maximum absolute atomic E-state index is 13.1. The van der Waals surface area contributed by atoms with Crippen LogP contribution in [0.3, 0.4) is 0 Å². The van der Waals surface area contributed by atoms with E-state index in [4.69, 9.17) is 14.0 Å².